The number of alkyl halides is 6. The van der Waals surface area contributed by atoms with Crippen molar-refractivity contribution >= 4 is 23.1 Å². The minimum absolute atomic E-state index is 0.0955. The molecule has 1 atom stereocenters. The van der Waals surface area contributed by atoms with Gasteiger partial charge in [-0.15, -0.1) is 0 Å². The fraction of sp³-hybridized carbons (Fsp3) is 0.391. The quantitative estimate of drug-likeness (QED) is 0.302. The Labute approximate surface area is 198 Å². The van der Waals surface area contributed by atoms with Gasteiger partial charge in [-0.05, 0) is 0 Å². The second-order valence-corrected chi connectivity index (χ2v) is 16.6. The number of rotatable bonds is 6. The molecular formula is C23H21Cl2F6Zr. The van der Waals surface area contributed by atoms with E-state index in [4.69, 9.17) is 17.0 Å². The number of hydrogen-bond acceptors (Lipinski definition) is 0. The van der Waals surface area contributed by atoms with Crippen LogP contribution in [0.15, 0.2) is 35.9 Å². The molecule has 0 nitrogen and oxygen atoms in total. The topological polar surface area (TPSA) is 0 Å². The van der Waals surface area contributed by atoms with Crippen LogP contribution < -0.4 is 0 Å². The Bertz CT molecular complexity index is 992. The van der Waals surface area contributed by atoms with Gasteiger partial charge in [0, 0.05) is 0 Å². The van der Waals surface area contributed by atoms with Crippen LogP contribution in [0.2, 0.25) is 0 Å². The molecule has 0 fully saturated rings. The van der Waals surface area contributed by atoms with Crippen LogP contribution in [-0.2, 0) is 38.1 Å². The first-order valence-corrected chi connectivity index (χ1v) is 18.0. The van der Waals surface area contributed by atoms with Gasteiger partial charge in [0.05, 0.1) is 0 Å². The molecule has 0 heterocycles. The third kappa shape index (κ3) is 5.31. The Morgan fingerprint density at radius 2 is 1.50 bits per heavy atom. The zero-order chi connectivity index (χ0) is 23.8. The molecule has 0 aromatic heterocycles. The maximum absolute atomic E-state index is 13.5. The van der Waals surface area contributed by atoms with E-state index in [2.05, 4.69) is 0 Å². The average molecular weight is 574 g/mol. The molecule has 0 amide bonds. The van der Waals surface area contributed by atoms with Crippen LogP contribution in [0.1, 0.15) is 64.6 Å². The molecule has 1 aliphatic carbocycles. The van der Waals surface area contributed by atoms with Gasteiger partial charge in [0.15, 0.2) is 0 Å². The Kier molecular flexibility index (Phi) is 7.94. The molecule has 32 heavy (non-hydrogen) atoms. The summed E-state index contributed by atoms with van der Waals surface area (Å²) in [4.78, 5) is 0. The molecule has 0 aliphatic heterocycles. The molecule has 1 unspecified atom stereocenters. The van der Waals surface area contributed by atoms with E-state index in [-0.39, 0.29) is 15.3 Å². The minimum atomic E-state index is -4.90. The Morgan fingerprint density at radius 1 is 0.906 bits per heavy atom. The van der Waals surface area contributed by atoms with E-state index < -0.39 is 42.8 Å². The zero-order valence-corrected chi connectivity index (χ0v) is 21.4. The second-order valence-electron chi connectivity index (χ2n) is 7.80. The fourth-order valence-electron chi connectivity index (χ4n) is 4.15. The van der Waals surface area contributed by atoms with E-state index in [1.54, 1.807) is 6.07 Å². The number of unbranched alkanes of at least 4 members (excludes halogenated alkanes) is 1. The summed E-state index contributed by atoms with van der Waals surface area (Å²) in [5.41, 5.74) is 0.824. The standard InChI is InChI=1S/C23H21F6.2ClH.Zr/c1-3-5-6-14-9-16-8-7-15(4-2)21(20(16)10-14)17-11-18(22(24,25)26)13-19(12-17)23(27,28)29;;;/h7-13H,3-6H2,1-2H3;2*1H;/q;;;+2/p-2. The summed E-state index contributed by atoms with van der Waals surface area (Å²) in [6.45, 7) is 3.86. The van der Waals surface area contributed by atoms with Crippen molar-refractivity contribution in [2.45, 2.75) is 55.5 Å². The van der Waals surface area contributed by atoms with Crippen molar-refractivity contribution in [3.8, 4) is 11.1 Å². The van der Waals surface area contributed by atoms with Crippen molar-refractivity contribution in [1.82, 2.24) is 0 Å². The van der Waals surface area contributed by atoms with Crippen LogP contribution in [0.3, 0.4) is 0 Å². The van der Waals surface area contributed by atoms with Gasteiger partial charge in [-0.2, -0.15) is 0 Å². The summed E-state index contributed by atoms with van der Waals surface area (Å²) in [5.74, 6) is 0. The van der Waals surface area contributed by atoms with E-state index in [1.807, 2.05) is 26.0 Å². The van der Waals surface area contributed by atoms with Gasteiger partial charge in [0.1, 0.15) is 0 Å². The third-order valence-electron chi connectivity index (χ3n) is 5.67. The predicted octanol–water partition coefficient (Wildman–Crippen LogP) is 9.51. The number of hydrogen-bond donors (Lipinski definition) is 0. The van der Waals surface area contributed by atoms with Gasteiger partial charge in [-0.1, -0.05) is 0 Å². The number of allylic oxidation sites excluding steroid dienone is 1. The first kappa shape index (κ1) is 25.8. The third-order valence-corrected chi connectivity index (χ3v) is 11.0. The Hall–Kier alpha value is -0.777. The van der Waals surface area contributed by atoms with Crippen molar-refractivity contribution in [3.63, 3.8) is 0 Å². The van der Waals surface area contributed by atoms with E-state index in [0.29, 0.717) is 23.1 Å². The fourth-order valence-corrected chi connectivity index (χ4v) is 9.64. The van der Waals surface area contributed by atoms with Crippen molar-refractivity contribution in [2.24, 2.45) is 0 Å². The van der Waals surface area contributed by atoms with Gasteiger partial charge in [0.2, 0.25) is 0 Å². The van der Waals surface area contributed by atoms with Crippen LogP contribution in [0.5, 0.6) is 0 Å². The SMILES string of the molecule is CCCCC1=Cc2c(ccc(CC)c2-c2cc(C(F)(F)F)cc(C(F)(F)F)c2)[CH]1[Zr]([Cl])[Cl]. The van der Waals surface area contributed by atoms with Gasteiger partial charge < -0.3 is 0 Å². The molecule has 0 radical (unpaired) electrons. The normalized spacial score (nSPS) is 16.2. The van der Waals surface area contributed by atoms with Gasteiger partial charge >= 0.3 is 199 Å². The molecule has 2 aromatic carbocycles. The molecule has 0 N–H and O–H groups in total. The molecule has 9 heteroatoms. The van der Waals surface area contributed by atoms with Crippen molar-refractivity contribution in [1.29, 1.82) is 0 Å². The molecule has 2 aromatic rings. The van der Waals surface area contributed by atoms with Crippen molar-refractivity contribution < 1.29 is 45.7 Å². The van der Waals surface area contributed by atoms with E-state index in [1.165, 1.54) is 0 Å². The van der Waals surface area contributed by atoms with Crippen LogP contribution in [0, 0.1) is 0 Å². The maximum atomic E-state index is 13.5. The zero-order valence-electron chi connectivity index (χ0n) is 17.4. The summed E-state index contributed by atoms with van der Waals surface area (Å²) < 4.78 is 80.7. The van der Waals surface area contributed by atoms with E-state index in [9.17, 15) is 26.3 Å². The van der Waals surface area contributed by atoms with Crippen molar-refractivity contribution in [2.75, 3.05) is 0 Å². The monoisotopic (exact) mass is 571 g/mol. The predicted molar refractivity (Wildman–Crippen MR) is 113 cm³/mol. The van der Waals surface area contributed by atoms with Crippen molar-refractivity contribution in [3.05, 3.63) is 63.7 Å². The molecule has 0 spiro atoms. The summed E-state index contributed by atoms with van der Waals surface area (Å²) in [6, 6.07) is 5.41. The molecule has 0 saturated heterocycles. The first-order chi connectivity index (χ1) is 14.9. The number of halogens is 8. The summed E-state index contributed by atoms with van der Waals surface area (Å²) in [6.07, 6.45) is -4.87. The molecular weight excluding hydrogens is 552 g/mol. The van der Waals surface area contributed by atoms with Gasteiger partial charge in [0.25, 0.3) is 0 Å². The summed E-state index contributed by atoms with van der Waals surface area (Å²) in [7, 11) is 12.9. The molecule has 3 rings (SSSR count). The van der Waals surface area contributed by atoms with Crippen LogP contribution in [0.25, 0.3) is 17.2 Å². The number of benzene rings is 2. The average Bonchev–Trinajstić information content (AvgIpc) is 3.08. The number of fused-ring (bicyclic) bond motifs is 1. The van der Waals surface area contributed by atoms with Gasteiger partial charge in [-0.3, -0.25) is 0 Å². The van der Waals surface area contributed by atoms with Crippen LogP contribution in [-0.4, -0.2) is 0 Å². The summed E-state index contributed by atoms with van der Waals surface area (Å²) >= 11 is -2.87. The molecule has 0 saturated carbocycles. The van der Waals surface area contributed by atoms with Crippen LogP contribution in [0.4, 0.5) is 26.3 Å². The number of aryl methyl sites for hydroxylation is 1. The second kappa shape index (κ2) is 9.84. The molecule has 0 bridgehead atoms. The Balaban J connectivity index is 2.31. The van der Waals surface area contributed by atoms with Crippen LogP contribution >= 0.6 is 17.0 Å². The van der Waals surface area contributed by atoms with E-state index >= 15 is 0 Å². The Morgan fingerprint density at radius 3 is 1.97 bits per heavy atom. The van der Waals surface area contributed by atoms with Gasteiger partial charge in [-0.25, -0.2) is 0 Å². The first-order valence-electron chi connectivity index (χ1n) is 10.2. The molecule has 1 aliphatic rings. The summed E-state index contributed by atoms with van der Waals surface area (Å²) in [5, 5.41) is 0. The molecule has 173 valence electrons. The van der Waals surface area contributed by atoms with E-state index in [0.717, 1.165) is 42.5 Å².